The van der Waals surface area contributed by atoms with Crippen LogP contribution in [0.2, 0.25) is 0 Å². The standard InChI is InChI=1S/C17H17NO4/c1-10-7-8-12-14(13(10)17(21)22)16(20)18(15(12)19)9-11-5-3-2-4-6-11/h2-8,10,12-14H,9H2,1H3,(H,21,22)/t10-,12-,13-,14+/m1/s1. The molecule has 1 saturated heterocycles. The van der Waals surface area contributed by atoms with Crippen molar-refractivity contribution in [3.63, 3.8) is 0 Å². The highest BCUT2D eigenvalue weighted by molar-refractivity contribution is 6.07. The van der Waals surface area contributed by atoms with Crippen LogP contribution in [-0.2, 0) is 20.9 Å². The number of imide groups is 1. The fourth-order valence-corrected chi connectivity index (χ4v) is 3.40. The van der Waals surface area contributed by atoms with E-state index in [2.05, 4.69) is 0 Å². The number of likely N-dealkylation sites (tertiary alicyclic amines) is 1. The highest BCUT2D eigenvalue weighted by Gasteiger charge is 2.54. The Hall–Kier alpha value is -2.43. The lowest BCUT2D eigenvalue weighted by molar-refractivity contribution is -0.150. The van der Waals surface area contributed by atoms with E-state index in [9.17, 15) is 19.5 Å². The number of nitrogens with zero attached hydrogens (tertiary/aromatic N) is 1. The molecule has 5 heteroatoms. The van der Waals surface area contributed by atoms with Gasteiger partial charge in [-0.15, -0.1) is 0 Å². The number of carboxylic acid groups (broad SMARTS) is 1. The quantitative estimate of drug-likeness (QED) is 0.681. The molecular weight excluding hydrogens is 282 g/mol. The van der Waals surface area contributed by atoms with E-state index in [1.165, 1.54) is 4.90 Å². The minimum Gasteiger partial charge on any atom is -0.481 e. The maximum atomic E-state index is 12.6. The third-order valence-corrected chi connectivity index (χ3v) is 4.53. The van der Waals surface area contributed by atoms with Gasteiger partial charge in [0.2, 0.25) is 11.8 Å². The Balaban J connectivity index is 1.91. The van der Waals surface area contributed by atoms with Crippen LogP contribution in [0, 0.1) is 23.7 Å². The van der Waals surface area contributed by atoms with Crippen molar-refractivity contribution in [3.8, 4) is 0 Å². The number of carbonyl (C=O) groups is 3. The molecule has 5 nitrogen and oxygen atoms in total. The van der Waals surface area contributed by atoms with Crippen LogP contribution in [0.15, 0.2) is 42.5 Å². The molecule has 0 bridgehead atoms. The zero-order valence-electron chi connectivity index (χ0n) is 12.2. The first kappa shape index (κ1) is 14.5. The Labute approximate surface area is 128 Å². The van der Waals surface area contributed by atoms with Gasteiger partial charge in [0.25, 0.3) is 0 Å². The van der Waals surface area contributed by atoms with Crippen LogP contribution in [0.25, 0.3) is 0 Å². The normalized spacial score (nSPS) is 30.5. The second kappa shape index (κ2) is 5.40. The van der Waals surface area contributed by atoms with Crippen LogP contribution in [0.3, 0.4) is 0 Å². The average Bonchev–Trinajstić information content (AvgIpc) is 2.73. The first-order valence-electron chi connectivity index (χ1n) is 7.31. The molecule has 2 amide bonds. The van der Waals surface area contributed by atoms with Crippen LogP contribution >= 0.6 is 0 Å². The van der Waals surface area contributed by atoms with E-state index in [0.29, 0.717) is 0 Å². The number of hydrogen-bond donors (Lipinski definition) is 1. The summed E-state index contributed by atoms with van der Waals surface area (Å²) in [6.07, 6.45) is 3.43. The number of hydrogen-bond acceptors (Lipinski definition) is 3. The molecule has 1 heterocycles. The third kappa shape index (κ3) is 2.22. The van der Waals surface area contributed by atoms with E-state index in [0.717, 1.165) is 5.56 Å². The summed E-state index contributed by atoms with van der Waals surface area (Å²) in [5, 5.41) is 9.42. The van der Waals surface area contributed by atoms with Crippen LogP contribution < -0.4 is 0 Å². The zero-order chi connectivity index (χ0) is 15.9. The molecule has 3 rings (SSSR count). The summed E-state index contributed by atoms with van der Waals surface area (Å²) >= 11 is 0. The molecule has 1 fully saturated rings. The van der Waals surface area contributed by atoms with Gasteiger partial charge in [-0.25, -0.2) is 0 Å². The van der Waals surface area contributed by atoms with E-state index >= 15 is 0 Å². The number of fused-ring (bicyclic) bond motifs is 1. The van der Waals surface area contributed by atoms with Crippen molar-refractivity contribution >= 4 is 17.8 Å². The number of aliphatic carboxylic acids is 1. The van der Waals surface area contributed by atoms with Gasteiger partial charge in [-0.2, -0.15) is 0 Å². The Morgan fingerprint density at radius 1 is 1.14 bits per heavy atom. The van der Waals surface area contributed by atoms with Gasteiger partial charge in [0.15, 0.2) is 0 Å². The Kier molecular flexibility index (Phi) is 3.56. The lowest BCUT2D eigenvalue weighted by Crippen LogP contribution is -2.38. The van der Waals surface area contributed by atoms with E-state index in [-0.39, 0.29) is 24.3 Å². The first-order valence-corrected chi connectivity index (χ1v) is 7.31. The zero-order valence-corrected chi connectivity index (χ0v) is 12.2. The van der Waals surface area contributed by atoms with Crippen LogP contribution in [0.4, 0.5) is 0 Å². The second-order valence-electron chi connectivity index (χ2n) is 5.91. The van der Waals surface area contributed by atoms with Crippen molar-refractivity contribution < 1.29 is 19.5 Å². The summed E-state index contributed by atoms with van der Waals surface area (Å²) in [6, 6.07) is 9.23. The molecule has 2 aliphatic rings. The van der Waals surface area contributed by atoms with E-state index in [1.807, 2.05) is 30.3 Å². The van der Waals surface area contributed by atoms with Gasteiger partial charge < -0.3 is 5.11 Å². The Bertz CT molecular complexity index is 652. The maximum Gasteiger partial charge on any atom is 0.307 e. The maximum absolute atomic E-state index is 12.6. The third-order valence-electron chi connectivity index (χ3n) is 4.53. The predicted molar refractivity (Wildman–Crippen MR) is 78.4 cm³/mol. The molecule has 114 valence electrons. The summed E-state index contributed by atoms with van der Waals surface area (Å²) in [7, 11) is 0. The summed E-state index contributed by atoms with van der Waals surface area (Å²) in [4.78, 5) is 37.8. The molecule has 1 N–H and O–H groups in total. The summed E-state index contributed by atoms with van der Waals surface area (Å²) in [5.41, 5.74) is 0.853. The van der Waals surface area contributed by atoms with E-state index in [1.54, 1.807) is 19.1 Å². The van der Waals surface area contributed by atoms with Gasteiger partial charge >= 0.3 is 5.97 Å². The smallest absolute Gasteiger partial charge is 0.307 e. The number of allylic oxidation sites excluding steroid dienone is 1. The summed E-state index contributed by atoms with van der Waals surface area (Å²) < 4.78 is 0. The van der Waals surface area contributed by atoms with Crippen LogP contribution in [0.5, 0.6) is 0 Å². The van der Waals surface area contributed by atoms with Gasteiger partial charge in [0, 0.05) is 0 Å². The molecule has 0 saturated carbocycles. The fourth-order valence-electron chi connectivity index (χ4n) is 3.40. The average molecular weight is 299 g/mol. The van der Waals surface area contributed by atoms with Gasteiger partial charge in [-0.1, -0.05) is 49.4 Å². The summed E-state index contributed by atoms with van der Waals surface area (Å²) in [6.45, 7) is 1.96. The van der Waals surface area contributed by atoms with Crippen molar-refractivity contribution in [3.05, 3.63) is 48.0 Å². The topological polar surface area (TPSA) is 74.7 Å². The van der Waals surface area contributed by atoms with Crippen molar-refractivity contribution in [1.82, 2.24) is 4.90 Å². The van der Waals surface area contributed by atoms with Crippen molar-refractivity contribution in [1.29, 1.82) is 0 Å². The van der Waals surface area contributed by atoms with Crippen molar-refractivity contribution in [2.24, 2.45) is 23.7 Å². The predicted octanol–water partition coefficient (Wildman–Crippen LogP) is 1.69. The second-order valence-corrected chi connectivity index (χ2v) is 5.91. The highest BCUT2D eigenvalue weighted by Crippen LogP contribution is 2.41. The molecular formula is C17H17NO4. The molecule has 4 atom stereocenters. The van der Waals surface area contributed by atoms with Gasteiger partial charge in [0.1, 0.15) is 0 Å². The number of amides is 2. The molecule has 0 radical (unpaired) electrons. The van der Waals surface area contributed by atoms with Crippen LogP contribution in [-0.4, -0.2) is 27.8 Å². The van der Waals surface area contributed by atoms with Gasteiger partial charge in [0.05, 0.1) is 24.3 Å². The fraction of sp³-hybridized carbons (Fsp3) is 0.353. The molecule has 0 spiro atoms. The van der Waals surface area contributed by atoms with E-state index in [4.69, 9.17) is 0 Å². The molecule has 1 aromatic carbocycles. The van der Waals surface area contributed by atoms with Gasteiger partial charge in [-0.3, -0.25) is 19.3 Å². The molecule has 1 aliphatic carbocycles. The number of benzene rings is 1. The lowest BCUT2D eigenvalue weighted by atomic mass is 9.72. The molecule has 0 aromatic heterocycles. The minimum absolute atomic E-state index is 0.195. The summed E-state index contributed by atoms with van der Waals surface area (Å²) in [5.74, 6) is -4.22. The minimum atomic E-state index is -1.02. The largest absolute Gasteiger partial charge is 0.481 e. The Morgan fingerprint density at radius 3 is 2.45 bits per heavy atom. The van der Waals surface area contributed by atoms with Crippen LogP contribution in [0.1, 0.15) is 12.5 Å². The monoisotopic (exact) mass is 299 g/mol. The van der Waals surface area contributed by atoms with E-state index < -0.39 is 23.7 Å². The molecule has 22 heavy (non-hydrogen) atoms. The Morgan fingerprint density at radius 2 is 1.82 bits per heavy atom. The SMILES string of the molecule is C[C@@H]1C=C[C@H]2C(=O)N(Cc3ccccc3)C(=O)[C@@H]2[C@@H]1C(=O)O. The van der Waals surface area contributed by atoms with Gasteiger partial charge in [-0.05, 0) is 11.5 Å². The molecule has 1 aliphatic heterocycles. The van der Waals surface area contributed by atoms with Crippen molar-refractivity contribution in [2.45, 2.75) is 13.5 Å². The number of rotatable bonds is 3. The highest BCUT2D eigenvalue weighted by atomic mass is 16.4. The molecule has 0 unspecified atom stereocenters. The lowest BCUT2D eigenvalue weighted by Gasteiger charge is -2.28. The molecule has 1 aromatic rings. The number of carbonyl (C=O) groups excluding carboxylic acids is 2. The van der Waals surface area contributed by atoms with Crippen molar-refractivity contribution in [2.75, 3.05) is 0 Å². The number of carboxylic acids is 1. The first-order chi connectivity index (χ1) is 10.5.